The van der Waals surface area contributed by atoms with Crippen LogP contribution in [0.2, 0.25) is 0 Å². The first kappa shape index (κ1) is 16.9. The van der Waals surface area contributed by atoms with Crippen LogP contribution in [-0.2, 0) is 6.54 Å². The fourth-order valence-corrected chi connectivity index (χ4v) is 3.58. The molecule has 0 unspecified atom stereocenters. The number of piperidine rings is 1. The van der Waals surface area contributed by atoms with Crippen molar-refractivity contribution in [3.63, 3.8) is 0 Å². The summed E-state index contributed by atoms with van der Waals surface area (Å²) in [5.41, 5.74) is 5.03. The Kier molecular flexibility index (Phi) is 4.80. The number of nitrogens with one attached hydrogen (secondary N) is 1. The average molecular weight is 350 g/mol. The second-order valence-corrected chi connectivity index (χ2v) is 7.13. The van der Waals surface area contributed by atoms with E-state index in [9.17, 15) is 4.39 Å². The fraction of sp³-hybridized carbons (Fsp3) is 0.333. The summed E-state index contributed by atoms with van der Waals surface area (Å²) in [6.45, 7) is 5.39. The van der Waals surface area contributed by atoms with Crippen LogP contribution >= 0.6 is 0 Å². The Labute approximate surface area is 153 Å². The number of hydrogen-bond acceptors (Lipinski definition) is 3. The number of nitrogens with zero attached hydrogens (tertiary/aromatic N) is 3. The van der Waals surface area contributed by atoms with Gasteiger partial charge in [-0.1, -0.05) is 6.92 Å². The molecule has 134 valence electrons. The summed E-state index contributed by atoms with van der Waals surface area (Å²) in [5.74, 6) is 0.569. The van der Waals surface area contributed by atoms with Gasteiger partial charge in [0, 0.05) is 30.1 Å². The van der Waals surface area contributed by atoms with Crippen LogP contribution in [0.1, 0.15) is 25.5 Å². The summed E-state index contributed by atoms with van der Waals surface area (Å²) in [5, 5.41) is 7.82. The molecule has 0 aliphatic carbocycles. The Morgan fingerprint density at radius 2 is 1.73 bits per heavy atom. The van der Waals surface area contributed by atoms with Crippen LogP contribution in [0, 0.1) is 11.7 Å². The maximum atomic E-state index is 13.3. The molecule has 5 heteroatoms. The van der Waals surface area contributed by atoms with Gasteiger partial charge in [-0.25, -0.2) is 4.39 Å². The molecule has 1 aromatic carbocycles. The van der Waals surface area contributed by atoms with Crippen LogP contribution in [0.5, 0.6) is 0 Å². The van der Waals surface area contributed by atoms with Crippen molar-refractivity contribution in [3.8, 4) is 22.4 Å². The number of H-pyrrole nitrogens is 1. The number of pyridine rings is 1. The molecule has 26 heavy (non-hydrogen) atoms. The van der Waals surface area contributed by atoms with Gasteiger partial charge in [0.1, 0.15) is 11.5 Å². The van der Waals surface area contributed by atoms with Crippen molar-refractivity contribution >= 4 is 0 Å². The van der Waals surface area contributed by atoms with Gasteiger partial charge in [-0.2, -0.15) is 5.10 Å². The molecule has 1 aliphatic heterocycles. The zero-order chi connectivity index (χ0) is 17.9. The summed E-state index contributed by atoms with van der Waals surface area (Å²) in [4.78, 5) is 6.61. The predicted molar refractivity (Wildman–Crippen MR) is 101 cm³/mol. The Hall–Kier alpha value is -2.53. The third kappa shape index (κ3) is 3.53. The highest BCUT2D eigenvalue weighted by atomic mass is 19.1. The lowest BCUT2D eigenvalue weighted by Gasteiger charge is -2.30. The molecule has 4 nitrogen and oxygen atoms in total. The molecule has 0 atom stereocenters. The topological polar surface area (TPSA) is 44.8 Å². The third-order valence-electron chi connectivity index (χ3n) is 5.19. The van der Waals surface area contributed by atoms with E-state index < -0.39 is 0 Å². The summed E-state index contributed by atoms with van der Waals surface area (Å²) in [6, 6.07) is 10.5. The van der Waals surface area contributed by atoms with Gasteiger partial charge in [-0.3, -0.25) is 15.0 Å². The molecule has 3 aromatic rings. The monoisotopic (exact) mass is 350 g/mol. The van der Waals surface area contributed by atoms with Gasteiger partial charge in [-0.15, -0.1) is 0 Å². The Bertz CT molecular complexity index is 849. The van der Waals surface area contributed by atoms with Gasteiger partial charge in [0.05, 0.1) is 5.69 Å². The lowest BCUT2D eigenvalue weighted by atomic mass is 9.97. The smallest absolute Gasteiger partial charge is 0.123 e. The predicted octanol–water partition coefficient (Wildman–Crippen LogP) is 4.51. The number of rotatable bonds is 4. The number of benzene rings is 1. The summed E-state index contributed by atoms with van der Waals surface area (Å²) in [6.07, 6.45) is 6.07. The molecule has 1 aliphatic rings. The second kappa shape index (κ2) is 7.38. The number of aromatic nitrogens is 3. The van der Waals surface area contributed by atoms with Gasteiger partial charge < -0.3 is 0 Å². The van der Waals surface area contributed by atoms with E-state index in [4.69, 9.17) is 0 Å². The summed E-state index contributed by atoms with van der Waals surface area (Å²) >= 11 is 0. The second-order valence-electron chi connectivity index (χ2n) is 7.13. The van der Waals surface area contributed by atoms with Crippen molar-refractivity contribution in [1.82, 2.24) is 20.1 Å². The van der Waals surface area contributed by atoms with Crippen LogP contribution in [0.4, 0.5) is 4.39 Å². The van der Waals surface area contributed by atoms with Crippen molar-refractivity contribution in [2.24, 2.45) is 5.92 Å². The quantitative estimate of drug-likeness (QED) is 0.753. The van der Waals surface area contributed by atoms with Crippen LogP contribution < -0.4 is 0 Å². The molecule has 0 saturated carbocycles. The van der Waals surface area contributed by atoms with Crippen molar-refractivity contribution in [3.05, 3.63) is 60.3 Å². The van der Waals surface area contributed by atoms with E-state index in [0.717, 1.165) is 53.6 Å². The molecular formula is C21H23FN4. The molecule has 1 saturated heterocycles. The fourth-order valence-electron chi connectivity index (χ4n) is 3.58. The van der Waals surface area contributed by atoms with Gasteiger partial charge in [0.15, 0.2) is 0 Å². The van der Waals surface area contributed by atoms with E-state index in [2.05, 4.69) is 27.0 Å². The minimum absolute atomic E-state index is 0.239. The van der Waals surface area contributed by atoms with Crippen LogP contribution in [0.3, 0.4) is 0 Å². The highest BCUT2D eigenvalue weighted by Crippen LogP contribution is 2.34. The SMILES string of the molecule is CC1CCN(Cc2[nH]nc(-c3ccc(F)cc3)c2-c2ccncc2)CC1. The van der Waals surface area contributed by atoms with Crippen LogP contribution in [0.25, 0.3) is 22.4 Å². The lowest BCUT2D eigenvalue weighted by Crippen LogP contribution is -2.32. The lowest BCUT2D eigenvalue weighted by molar-refractivity contribution is 0.183. The highest BCUT2D eigenvalue weighted by Gasteiger charge is 2.21. The van der Waals surface area contributed by atoms with Gasteiger partial charge in [0.25, 0.3) is 0 Å². The van der Waals surface area contributed by atoms with E-state index in [1.807, 2.05) is 12.1 Å². The maximum absolute atomic E-state index is 13.3. The zero-order valence-corrected chi connectivity index (χ0v) is 15.0. The van der Waals surface area contributed by atoms with Crippen molar-refractivity contribution in [2.75, 3.05) is 13.1 Å². The molecule has 1 fully saturated rings. The number of likely N-dealkylation sites (tertiary alicyclic amines) is 1. The summed E-state index contributed by atoms with van der Waals surface area (Å²) in [7, 11) is 0. The molecule has 0 radical (unpaired) electrons. The Balaban J connectivity index is 1.71. The maximum Gasteiger partial charge on any atom is 0.123 e. The molecular weight excluding hydrogens is 327 g/mol. The van der Waals surface area contributed by atoms with Gasteiger partial charge in [-0.05, 0) is 73.8 Å². The van der Waals surface area contributed by atoms with E-state index in [-0.39, 0.29) is 5.82 Å². The zero-order valence-electron chi connectivity index (χ0n) is 15.0. The first-order valence-corrected chi connectivity index (χ1v) is 9.16. The van der Waals surface area contributed by atoms with Crippen LogP contribution in [-0.4, -0.2) is 33.2 Å². The van der Waals surface area contributed by atoms with Gasteiger partial charge >= 0.3 is 0 Å². The first-order chi connectivity index (χ1) is 12.7. The molecule has 2 aromatic heterocycles. The van der Waals surface area contributed by atoms with E-state index in [1.165, 1.54) is 25.0 Å². The van der Waals surface area contributed by atoms with E-state index >= 15 is 0 Å². The molecule has 0 spiro atoms. The number of halogens is 1. The average Bonchev–Trinajstić information content (AvgIpc) is 3.08. The van der Waals surface area contributed by atoms with Crippen molar-refractivity contribution in [2.45, 2.75) is 26.3 Å². The van der Waals surface area contributed by atoms with Gasteiger partial charge in [0.2, 0.25) is 0 Å². The molecule has 0 amide bonds. The summed E-state index contributed by atoms with van der Waals surface area (Å²) < 4.78 is 13.3. The Morgan fingerprint density at radius 3 is 2.42 bits per heavy atom. The minimum atomic E-state index is -0.239. The largest absolute Gasteiger partial charge is 0.297 e. The molecule has 0 bridgehead atoms. The van der Waals surface area contributed by atoms with Crippen molar-refractivity contribution in [1.29, 1.82) is 0 Å². The number of hydrogen-bond donors (Lipinski definition) is 1. The van der Waals surface area contributed by atoms with E-state index in [0.29, 0.717) is 0 Å². The molecule has 4 rings (SSSR count). The molecule has 1 N–H and O–H groups in total. The minimum Gasteiger partial charge on any atom is -0.297 e. The standard InChI is InChI=1S/C21H23FN4/c1-15-8-12-26(13-9-15)14-19-20(16-6-10-23-11-7-16)21(25-24-19)17-2-4-18(22)5-3-17/h2-7,10-11,15H,8-9,12-14H2,1H3,(H,24,25). The van der Waals surface area contributed by atoms with Crippen molar-refractivity contribution < 1.29 is 4.39 Å². The number of aromatic amines is 1. The highest BCUT2D eigenvalue weighted by molar-refractivity contribution is 5.82. The van der Waals surface area contributed by atoms with Crippen LogP contribution in [0.15, 0.2) is 48.8 Å². The van der Waals surface area contributed by atoms with E-state index in [1.54, 1.807) is 24.5 Å². The third-order valence-corrected chi connectivity index (χ3v) is 5.19. The first-order valence-electron chi connectivity index (χ1n) is 9.16. The Morgan fingerprint density at radius 1 is 1.04 bits per heavy atom. The normalized spacial score (nSPS) is 16.1. The molecule has 3 heterocycles.